The van der Waals surface area contributed by atoms with Gasteiger partial charge in [0.1, 0.15) is 0 Å². The summed E-state index contributed by atoms with van der Waals surface area (Å²) in [6.45, 7) is 2.23. The fraction of sp³-hybridized carbons (Fsp3) is 0.632. The molecule has 0 atom stereocenters. The Hall–Kier alpha value is -1.20. The smallest absolute Gasteiger partial charge is 0.315 e. The number of benzene rings is 1. The molecular formula is C19H28N2O2S. The maximum Gasteiger partial charge on any atom is 0.315 e. The SMILES string of the molecule is O=C(NCC1(Sc2ccccc2)CCOCC1)NC1CCCCC1. The van der Waals surface area contributed by atoms with Crippen LogP contribution in [0.4, 0.5) is 4.79 Å². The Morgan fingerprint density at radius 2 is 1.83 bits per heavy atom. The maximum absolute atomic E-state index is 12.3. The predicted molar refractivity (Wildman–Crippen MR) is 98.5 cm³/mol. The maximum atomic E-state index is 12.3. The molecule has 1 aliphatic carbocycles. The van der Waals surface area contributed by atoms with Gasteiger partial charge in [-0.3, -0.25) is 0 Å². The summed E-state index contributed by atoms with van der Waals surface area (Å²) in [7, 11) is 0. The minimum Gasteiger partial charge on any atom is -0.381 e. The topological polar surface area (TPSA) is 50.4 Å². The Morgan fingerprint density at radius 1 is 1.12 bits per heavy atom. The summed E-state index contributed by atoms with van der Waals surface area (Å²) in [6, 6.07) is 10.8. The molecule has 1 saturated heterocycles. The lowest BCUT2D eigenvalue weighted by atomic mass is 9.96. The van der Waals surface area contributed by atoms with E-state index >= 15 is 0 Å². The van der Waals surface area contributed by atoms with Gasteiger partial charge in [-0.1, -0.05) is 37.5 Å². The summed E-state index contributed by atoms with van der Waals surface area (Å²) >= 11 is 1.88. The molecular weight excluding hydrogens is 320 g/mol. The summed E-state index contributed by atoms with van der Waals surface area (Å²) in [4.78, 5) is 13.5. The fourth-order valence-corrected chi connectivity index (χ4v) is 4.83. The molecule has 1 saturated carbocycles. The van der Waals surface area contributed by atoms with Gasteiger partial charge in [0.25, 0.3) is 0 Å². The number of ether oxygens (including phenoxy) is 1. The van der Waals surface area contributed by atoms with E-state index in [2.05, 4.69) is 34.9 Å². The number of amides is 2. The normalized spacial score (nSPS) is 21.2. The number of nitrogens with one attached hydrogen (secondary N) is 2. The first kappa shape index (κ1) is 17.6. The molecule has 2 fully saturated rings. The molecule has 4 nitrogen and oxygen atoms in total. The quantitative estimate of drug-likeness (QED) is 0.847. The van der Waals surface area contributed by atoms with Crippen LogP contribution in [0.25, 0.3) is 0 Å². The minimum atomic E-state index is -0.0126. The highest BCUT2D eigenvalue weighted by Crippen LogP contribution is 2.40. The van der Waals surface area contributed by atoms with Crippen LogP contribution < -0.4 is 10.6 Å². The standard InChI is InChI=1S/C19H28N2O2S/c22-18(21-16-7-3-1-4-8-16)20-15-19(11-13-23-14-12-19)24-17-9-5-2-6-10-17/h2,5-6,9-10,16H,1,3-4,7-8,11-15H2,(H2,20,21,22). The second-order valence-corrected chi connectivity index (χ2v) is 8.41. The molecule has 132 valence electrons. The predicted octanol–water partition coefficient (Wildman–Crippen LogP) is 3.96. The molecule has 1 aromatic carbocycles. The molecule has 2 aliphatic rings. The molecule has 1 heterocycles. The van der Waals surface area contributed by atoms with E-state index in [-0.39, 0.29) is 10.8 Å². The average Bonchev–Trinajstić information content (AvgIpc) is 2.63. The summed E-state index contributed by atoms with van der Waals surface area (Å²) < 4.78 is 5.58. The van der Waals surface area contributed by atoms with Crippen molar-refractivity contribution in [2.75, 3.05) is 19.8 Å². The molecule has 2 amide bonds. The zero-order valence-corrected chi connectivity index (χ0v) is 15.1. The zero-order chi connectivity index (χ0) is 16.7. The molecule has 0 radical (unpaired) electrons. The Labute approximate surface area is 149 Å². The van der Waals surface area contributed by atoms with Gasteiger partial charge >= 0.3 is 6.03 Å². The molecule has 1 aromatic rings. The van der Waals surface area contributed by atoms with E-state index in [0.29, 0.717) is 12.6 Å². The van der Waals surface area contributed by atoms with Crippen LogP contribution in [0.3, 0.4) is 0 Å². The number of carbonyl (C=O) groups excluding carboxylic acids is 1. The Kier molecular flexibility index (Phi) is 6.44. The van der Waals surface area contributed by atoms with Crippen LogP contribution in [-0.2, 0) is 4.74 Å². The third kappa shape index (κ3) is 5.15. The van der Waals surface area contributed by atoms with E-state index < -0.39 is 0 Å². The largest absolute Gasteiger partial charge is 0.381 e. The van der Waals surface area contributed by atoms with Crippen molar-refractivity contribution in [3.05, 3.63) is 30.3 Å². The molecule has 24 heavy (non-hydrogen) atoms. The van der Waals surface area contributed by atoms with Gasteiger partial charge in [-0.25, -0.2) is 4.79 Å². The molecule has 2 N–H and O–H groups in total. The molecule has 0 bridgehead atoms. The van der Waals surface area contributed by atoms with E-state index in [0.717, 1.165) is 38.9 Å². The third-order valence-electron chi connectivity index (χ3n) is 4.99. The van der Waals surface area contributed by atoms with E-state index in [9.17, 15) is 4.79 Å². The van der Waals surface area contributed by atoms with E-state index in [1.807, 2.05) is 17.8 Å². The van der Waals surface area contributed by atoms with Crippen molar-refractivity contribution >= 4 is 17.8 Å². The number of thioether (sulfide) groups is 1. The summed E-state index contributed by atoms with van der Waals surface area (Å²) in [6.07, 6.45) is 7.94. The van der Waals surface area contributed by atoms with Gasteiger partial charge in [-0.2, -0.15) is 0 Å². The van der Waals surface area contributed by atoms with Crippen LogP contribution in [0.5, 0.6) is 0 Å². The first-order valence-corrected chi connectivity index (χ1v) is 9.94. The van der Waals surface area contributed by atoms with E-state index in [1.165, 1.54) is 24.2 Å². The van der Waals surface area contributed by atoms with Crippen molar-refractivity contribution in [3.63, 3.8) is 0 Å². The Balaban J connectivity index is 1.54. The van der Waals surface area contributed by atoms with Crippen molar-refractivity contribution in [1.29, 1.82) is 0 Å². The van der Waals surface area contributed by atoms with Gasteiger partial charge in [0, 0.05) is 35.4 Å². The summed E-state index contributed by atoms with van der Waals surface area (Å²) in [5, 5.41) is 6.28. The number of urea groups is 1. The van der Waals surface area contributed by atoms with Crippen molar-refractivity contribution in [2.24, 2.45) is 0 Å². The molecule has 0 aromatic heterocycles. The van der Waals surface area contributed by atoms with E-state index in [1.54, 1.807) is 0 Å². The summed E-state index contributed by atoms with van der Waals surface area (Å²) in [5.74, 6) is 0. The monoisotopic (exact) mass is 348 g/mol. The first-order valence-electron chi connectivity index (χ1n) is 9.12. The van der Waals surface area contributed by atoms with Crippen molar-refractivity contribution in [1.82, 2.24) is 10.6 Å². The second-order valence-electron chi connectivity index (χ2n) is 6.87. The lowest BCUT2D eigenvalue weighted by molar-refractivity contribution is 0.0775. The van der Waals surface area contributed by atoms with Crippen LogP contribution in [0.15, 0.2) is 35.2 Å². The highest BCUT2D eigenvalue weighted by Gasteiger charge is 2.34. The lowest BCUT2D eigenvalue weighted by Gasteiger charge is -2.37. The number of carbonyl (C=O) groups is 1. The van der Waals surface area contributed by atoms with Crippen molar-refractivity contribution in [3.8, 4) is 0 Å². The van der Waals surface area contributed by atoms with Gasteiger partial charge in [-0.15, -0.1) is 11.8 Å². The number of hydrogen-bond acceptors (Lipinski definition) is 3. The van der Waals surface area contributed by atoms with Gasteiger partial charge in [0.05, 0.1) is 0 Å². The highest BCUT2D eigenvalue weighted by molar-refractivity contribution is 8.00. The van der Waals surface area contributed by atoms with Crippen LogP contribution in [0.1, 0.15) is 44.9 Å². The number of rotatable bonds is 5. The third-order valence-corrected chi connectivity index (χ3v) is 6.49. The van der Waals surface area contributed by atoms with Crippen LogP contribution in [0.2, 0.25) is 0 Å². The van der Waals surface area contributed by atoms with E-state index in [4.69, 9.17) is 4.74 Å². The number of hydrogen-bond donors (Lipinski definition) is 2. The van der Waals surface area contributed by atoms with Gasteiger partial charge in [0.15, 0.2) is 0 Å². The molecule has 0 unspecified atom stereocenters. The van der Waals surface area contributed by atoms with Gasteiger partial charge in [-0.05, 0) is 37.8 Å². The highest BCUT2D eigenvalue weighted by atomic mass is 32.2. The second kappa shape index (κ2) is 8.77. The average molecular weight is 349 g/mol. The molecule has 3 rings (SSSR count). The Bertz CT molecular complexity index is 511. The minimum absolute atomic E-state index is 0.0126. The Morgan fingerprint density at radius 3 is 2.54 bits per heavy atom. The molecule has 5 heteroatoms. The van der Waals surface area contributed by atoms with Crippen molar-refractivity contribution < 1.29 is 9.53 Å². The molecule has 1 aliphatic heterocycles. The van der Waals surface area contributed by atoms with Crippen LogP contribution >= 0.6 is 11.8 Å². The van der Waals surface area contributed by atoms with Gasteiger partial charge in [0.2, 0.25) is 0 Å². The van der Waals surface area contributed by atoms with Gasteiger partial charge < -0.3 is 15.4 Å². The van der Waals surface area contributed by atoms with Crippen LogP contribution in [-0.4, -0.2) is 36.6 Å². The summed E-state index contributed by atoms with van der Waals surface area (Å²) in [5.41, 5.74) is 0. The zero-order valence-electron chi connectivity index (χ0n) is 14.3. The first-order chi connectivity index (χ1) is 11.8. The fourth-order valence-electron chi connectivity index (χ4n) is 3.52. The lowest BCUT2D eigenvalue weighted by Crippen LogP contribution is -2.49. The van der Waals surface area contributed by atoms with Crippen molar-refractivity contribution in [2.45, 2.75) is 60.6 Å². The molecule has 0 spiro atoms. The van der Waals surface area contributed by atoms with Crippen LogP contribution in [0, 0.1) is 0 Å².